The summed E-state index contributed by atoms with van der Waals surface area (Å²) in [4.78, 5) is 0. The molecule has 0 N–H and O–H groups in total. The van der Waals surface area contributed by atoms with E-state index in [9.17, 15) is 25.2 Å². The molecule has 2 rings (SSSR count). The van der Waals surface area contributed by atoms with Crippen LogP contribution in [0.3, 0.4) is 0 Å². The second-order valence-corrected chi connectivity index (χ2v) is 9.29. The molecule has 0 radical (unpaired) electrons. The Kier molecular flexibility index (Phi) is 5.49. The number of rotatable bonds is 3. The Bertz CT molecular complexity index is 626. The summed E-state index contributed by atoms with van der Waals surface area (Å²) in [5.41, 5.74) is 4.16. The van der Waals surface area contributed by atoms with Crippen molar-refractivity contribution in [2.75, 3.05) is 12.5 Å². The molecule has 0 amide bonds. The zero-order valence-electron chi connectivity index (χ0n) is 12.5. The van der Waals surface area contributed by atoms with Crippen molar-refractivity contribution in [1.29, 1.82) is 0 Å². The van der Waals surface area contributed by atoms with E-state index in [1.165, 1.54) is 22.4 Å². The van der Waals surface area contributed by atoms with Crippen molar-refractivity contribution in [2.24, 2.45) is 0 Å². The summed E-state index contributed by atoms with van der Waals surface area (Å²) in [6.07, 6.45) is 4.59. The molecule has 0 aromatic heterocycles. The first-order chi connectivity index (χ1) is 10.2. The van der Waals surface area contributed by atoms with Crippen molar-refractivity contribution in [2.45, 2.75) is 5.75 Å². The van der Waals surface area contributed by atoms with Gasteiger partial charge in [0.05, 0.1) is 12.5 Å². The minimum atomic E-state index is -10.7. The zero-order valence-corrected chi connectivity index (χ0v) is 14.2. The predicted molar refractivity (Wildman–Crippen MR) is 88.4 cm³/mol. The fraction of sp³-hybridized carbons (Fsp3) is 0.200. The number of hydrogen-bond donors (Lipinski definition) is 0. The molecule has 0 heterocycles. The number of halogens is 6. The molecule has 2 aromatic rings. The summed E-state index contributed by atoms with van der Waals surface area (Å²) in [5.74, 6) is 1.17. The Balaban J connectivity index is 0.000000322. The Morgan fingerprint density at radius 1 is 0.739 bits per heavy atom. The van der Waals surface area contributed by atoms with E-state index in [0.29, 0.717) is 10.9 Å². The summed E-state index contributed by atoms with van der Waals surface area (Å²) >= 11 is 0. The van der Waals surface area contributed by atoms with Crippen LogP contribution in [0.4, 0.5) is 25.2 Å². The number of benzene rings is 2. The van der Waals surface area contributed by atoms with Crippen molar-refractivity contribution in [3.63, 3.8) is 0 Å². The molecule has 23 heavy (non-hydrogen) atoms. The second kappa shape index (κ2) is 6.36. The molecule has 0 unspecified atom stereocenters. The predicted octanol–water partition coefficient (Wildman–Crippen LogP) is 7.11. The molecule has 0 aliphatic heterocycles. The summed E-state index contributed by atoms with van der Waals surface area (Å²) < 4.78 is 59.2. The molecule has 2 aromatic carbocycles. The van der Waals surface area contributed by atoms with Crippen molar-refractivity contribution >= 4 is 18.7 Å². The normalized spacial score (nSPS) is 14.5. The van der Waals surface area contributed by atoms with Gasteiger partial charge in [-0.2, -0.15) is 0 Å². The van der Waals surface area contributed by atoms with Gasteiger partial charge in [-0.1, -0.05) is 54.6 Å². The second-order valence-electron chi connectivity index (χ2n) is 5.11. The van der Waals surface area contributed by atoms with E-state index in [-0.39, 0.29) is 0 Å². The standard InChI is InChI=1S/C15H17S.F6P/c1-16(2)12-14-10-6-7-11-15(14)13-8-4-3-5-9-13;1-7(2,3,4,5)6/h3-11H,12H2,1-2H3;/q+1;-1. The van der Waals surface area contributed by atoms with Gasteiger partial charge < -0.3 is 0 Å². The van der Waals surface area contributed by atoms with Crippen LogP contribution in [0, 0.1) is 0 Å². The van der Waals surface area contributed by atoms with Crippen molar-refractivity contribution < 1.29 is 25.2 Å². The molecule has 0 saturated heterocycles. The van der Waals surface area contributed by atoms with Gasteiger partial charge >= 0.3 is 33.0 Å². The van der Waals surface area contributed by atoms with Crippen LogP contribution in [0.5, 0.6) is 0 Å². The fourth-order valence-electron chi connectivity index (χ4n) is 1.86. The molecular weight excluding hydrogens is 357 g/mol. The molecule has 0 aliphatic rings. The molecule has 0 spiro atoms. The van der Waals surface area contributed by atoms with Gasteiger partial charge in [0.1, 0.15) is 5.75 Å². The van der Waals surface area contributed by atoms with Crippen molar-refractivity contribution in [3.05, 3.63) is 60.2 Å². The summed E-state index contributed by atoms with van der Waals surface area (Å²) in [7, 11) is -10.2. The molecule has 0 aliphatic carbocycles. The van der Waals surface area contributed by atoms with E-state index < -0.39 is 7.81 Å². The third kappa shape index (κ3) is 11.0. The average molecular weight is 374 g/mol. The monoisotopic (exact) mass is 374 g/mol. The Morgan fingerprint density at radius 3 is 1.65 bits per heavy atom. The third-order valence-corrected chi connectivity index (χ3v) is 3.43. The van der Waals surface area contributed by atoms with Crippen LogP contribution >= 0.6 is 7.81 Å². The average Bonchev–Trinajstić information content (AvgIpc) is 2.36. The zero-order chi connectivity index (χ0) is 17.8. The molecule has 0 nitrogen and oxygen atoms in total. The van der Waals surface area contributed by atoms with Crippen LogP contribution < -0.4 is 0 Å². The van der Waals surface area contributed by atoms with Gasteiger partial charge in [-0.3, -0.25) is 0 Å². The van der Waals surface area contributed by atoms with Gasteiger partial charge in [0, 0.05) is 5.56 Å². The van der Waals surface area contributed by atoms with Gasteiger partial charge in [0.2, 0.25) is 0 Å². The molecular formula is C15H17F6PS. The summed E-state index contributed by atoms with van der Waals surface area (Å²) in [6, 6.07) is 19.4. The maximum atomic E-state index is 9.87. The van der Waals surface area contributed by atoms with E-state index in [2.05, 4.69) is 67.1 Å². The van der Waals surface area contributed by atoms with Crippen molar-refractivity contribution in [3.8, 4) is 11.1 Å². The first kappa shape index (κ1) is 19.8. The molecule has 130 valence electrons. The van der Waals surface area contributed by atoms with Gasteiger partial charge in [0.15, 0.2) is 0 Å². The van der Waals surface area contributed by atoms with E-state index in [0.717, 1.165) is 0 Å². The number of hydrogen-bond acceptors (Lipinski definition) is 0. The minimum absolute atomic E-state index is 0.449. The molecule has 0 fully saturated rings. The molecule has 0 saturated carbocycles. The van der Waals surface area contributed by atoms with E-state index in [1.807, 2.05) is 0 Å². The van der Waals surface area contributed by atoms with Crippen LogP contribution in [0.15, 0.2) is 54.6 Å². The van der Waals surface area contributed by atoms with E-state index >= 15 is 0 Å². The summed E-state index contributed by atoms with van der Waals surface area (Å²) in [5, 5.41) is 0. The topological polar surface area (TPSA) is 0 Å². The Morgan fingerprint density at radius 2 is 1.17 bits per heavy atom. The van der Waals surface area contributed by atoms with Crippen LogP contribution in [0.25, 0.3) is 11.1 Å². The van der Waals surface area contributed by atoms with Crippen LogP contribution in [0.2, 0.25) is 0 Å². The van der Waals surface area contributed by atoms with E-state index in [1.54, 1.807) is 0 Å². The Hall–Kier alpha value is -1.20. The molecule has 8 heteroatoms. The van der Waals surface area contributed by atoms with Crippen LogP contribution in [0.1, 0.15) is 5.56 Å². The summed E-state index contributed by atoms with van der Waals surface area (Å²) in [6.45, 7) is 0. The van der Waals surface area contributed by atoms with Gasteiger partial charge in [-0.25, -0.2) is 0 Å². The van der Waals surface area contributed by atoms with Gasteiger partial charge in [0.25, 0.3) is 0 Å². The quantitative estimate of drug-likeness (QED) is 0.305. The van der Waals surface area contributed by atoms with Crippen LogP contribution in [-0.2, 0) is 16.6 Å². The third-order valence-electron chi connectivity index (χ3n) is 2.55. The Labute approximate surface area is 134 Å². The first-order valence-electron chi connectivity index (χ1n) is 6.46. The fourth-order valence-corrected chi connectivity index (χ4v) is 2.73. The van der Waals surface area contributed by atoms with Gasteiger partial charge in [-0.15, -0.1) is 0 Å². The van der Waals surface area contributed by atoms with Gasteiger partial charge in [-0.05, 0) is 22.0 Å². The van der Waals surface area contributed by atoms with E-state index in [4.69, 9.17) is 0 Å². The molecule has 0 bridgehead atoms. The van der Waals surface area contributed by atoms with Crippen LogP contribution in [-0.4, -0.2) is 12.5 Å². The first-order valence-corrected chi connectivity index (χ1v) is 10.7. The molecule has 0 atom stereocenters. The van der Waals surface area contributed by atoms with Crippen molar-refractivity contribution in [1.82, 2.24) is 0 Å². The SMILES string of the molecule is C[S+](C)Cc1ccccc1-c1ccccc1.F[P-](F)(F)(F)(F)F. The maximum absolute atomic E-state index is 10.7.